The molecule has 0 spiro atoms. The normalized spacial score (nSPS) is 21.0. The van der Waals surface area contributed by atoms with Crippen LogP contribution < -0.4 is 10.1 Å². The monoisotopic (exact) mass is 376 g/mol. The van der Waals surface area contributed by atoms with Gasteiger partial charge >= 0.3 is 0 Å². The SMILES string of the molecule is O=S(=O)(c1cccc(F)c1)c1ccc2c(c1)OCCC2N1CCNCC1. The van der Waals surface area contributed by atoms with Crippen molar-refractivity contribution in [3.05, 3.63) is 53.8 Å². The zero-order valence-electron chi connectivity index (χ0n) is 14.3. The predicted octanol–water partition coefficient (Wildman–Crippen LogP) is 2.39. The summed E-state index contributed by atoms with van der Waals surface area (Å²) >= 11 is 0. The topological polar surface area (TPSA) is 58.6 Å². The molecule has 0 radical (unpaired) electrons. The third kappa shape index (κ3) is 3.22. The molecule has 138 valence electrons. The average molecular weight is 376 g/mol. The summed E-state index contributed by atoms with van der Waals surface area (Å²) in [6.07, 6.45) is 0.892. The number of benzene rings is 2. The van der Waals surface area contributed by atoms with Crippen molar-refractivity contribution in [3.63, 3.8) is 0 Å². The van der Waals surface area contributed by atoms with Gasteiger partial charge in [-0.2, -0.15) is 0 Å². The van der Waals surface area contributed by atoms with E-state index in [0.29, 0.717) is 12.4 Å². The van der Waals surface area contributed by atoms with Crippen LogP contribution in [0.3, 0.4) is 0 Å². The maximum Gasteiger partial charge on any atom is 0.206 e. The summed E-state index contributed by atoms with van der Waals surface area (Å²) in [7, 11) is -3.78. The van der Waals surface area contributed by atoms with E-state index < -0.39 is 15.7 Å². The van der Waals surface area contributed by atoms with Crippen LogP contribution in [0.2, 0.25) is 0 Å². The molecule has 2 aliphatic rings. The summed E-state index contributed by atoms with van der Waals surface area (Å²) in [5, 5.41) is 3.35. The van der Waals surface area contributed by atoms with Crippen molar-refractivity contribution in [2.75, 3.05) is 32.8 Å². The molecule has 7 heteroatoms. The molecule has 4 rings (SSSR count). The molecule has 2 aromatic rings. The molecule has 1 atom stereocenters. The summed E-state index contributed by atoms with van der Waals surface area (Å²) in [5.41, 5.74) is 1.02. The minimum atomic E-state index is -3.78. The molecule has 1 saturated heterocycles. The van der Waals surface area contributed by atoms with E-state index in [1.165, 1.54) is 18.2 Å². The molecule has 0 saturated carbocycles. The van der Waals surface area contributed by atoms with Crippen LogP contribution in [0.15, 0.2) is 52.3 Å². The Kier molecular flexibility index (Phi) is 4.69. The third-order valence-corrected chi connectivity index (χ3v) is 6.75. The highest BCUT2D eigenvalue weighted by Crippen LogP contribution is 2.38. The van der Waals surface area contributed by atoms with Crippen molar-refractivity contribution in [2.24, 2.45) is 0 Å². The van der Waals surface area contributed by atoms with Gasteiger partial charge in [0, 0.05) is 44.2 Å². The van der Waals surface area contributed by atoms with Crippen LogP contribution >= 0.6 is 0 Å². The molecular formula is C19H21FN2O3S. The Morgan fingerprint density at radius 3 is 2.62 bits per heavy atom. The summed E-state index contributed by atoms with van der Waals surface area (Å²) in [6, 6.07) is 10.3. The lowest BCUT2D eigenvalue weighted by Crippen LogP contribution is -2.46. The van der Waals surface area contributed by atoms with Gasteiger partial charge in [0.05, 0.1) is 16.4 Å². The van der Waals surface area contributed by atoms with E-state index in [1.54, 1.807) is 12.1 Å². The first-order valence-electron chi connectivity index (χ1n) is 8.78. The molecule has 2 aromatic carbocycles. The Morgan fingerprint density at radius 2 is 1.85 bits per heavy atom. The molecule has 1 fully saturated rings. The van der Waals surface area contributed by atoms with Crippen LogP contribution in [-0.2, 0) is 9.84 Å². The molecule has 26 heavy (non-hydrogen) atoms. The van der Waals surface area contributed by atoms with Gasteiger partial charge in [0.25, 0.3) is 0 Å². The molecule has 0 amide bonds. The minimum Gasteiger partial charge on any atom is -0.493 e. The molecule has 1 N–H and O–H groups in total. The first-order valence-corrected chi connectivity index (χ1v) is 10.3. The first kappa shape index (κ1) is 17.5. The molecule has 5 nitrogen and oxygen atoms in total. The molecule has 0 aliphatic carbocycles. The fourth-order valence-corrected chi connectivity index (χ4v) is 4.97. The van der Waals surface area contributed by atoms with Gasteiger partial charge in [0.1, 0.15) is 11.6 Å². The highest BCUT2D eigenvalue weighted by Gasteiger charge is 2.29. The maximum atomic E-state index is 13.4. The van der Waals surface area contributed by atoms with Crippen LogP contribution in [0.4, 0.5) is 4.39 Å². The second kappa shape index (κ2) is 6.98. The van der Waals surface area contributed by atoms with Crippen molar-refractivity contribution < 1.29 is 17.5 Å². The van der Waals surface area contributed by atoms with Gasteiger partial charge in [-0.3, -0.25) is 4.90 Å². The standard InChI is InChI=1S/C19H21FN2O3S/c20-14-2-1-3-15(12-14)26(23,24)16-4-5-17-18(6-11-25-19(17)13-16)22-9-7-21-8-10-22/h1-5,12-13,18,21H,6-11H2. The smallest absolute Gasteiger partial charge is 0.206 e. The number of hydrogen-bond donors (Lipinski definition) is 1. The quantitative estimate of drug-likeness (QED) is 0.891. The molecule has 0 aromatic heterocycles. The Morgan fingerprint density at radius 1 is 1.08 bits per heavy atom. The Hall–Kier alpha value is -1.96. The van der Waals surface area contributed by atoms with Crippen molar-refractivity contribution >= 4 is 9.84 Å². The third-order valence-electron chi connectivity index (χ3n) is 5.00. The predicted molar refractivity (Wildman–Crippen MR) is 95.6 cm³/mol. The lowest BCUT2D eigenvalue weighted by Gasteiger charge is -2.38. The molecule has 2 heterocycles. The Balaban J connectivity index is 1.68. The van der Waals surface area contributed by atoms with E-state index in [1.807, 2.05) is 6.07 Å². The number of nitrogens with zero attached hydrogens (tertiary/aromatic N) is 1. The van der Waals surface area contributed by atoms with Gasteiger partial charge in [-0.15, -0.1) is 0 Å². The van der Waals surface area contributed by atoms with Crippen LogP contribution in [0.5, 0.6) is 5.75 Å². The molecular weight excluding hydrogens is 355 g/mol. The highest BCUT2D eigenvalue weighted by molar-refractivity contribution is 7.91. The van der Waals surface area contributed by atoms with Crippen LogP contribution in [0, 0.1) is 5.82 Å². The number of ether oxygens (including phenoxy) is 1. The van der Waals surface area contributed by atoms with Crippen molar-refractivity contribution in [1.29, 1.82) is 0 Å². The van der Waals surface area contributed by atoms with Gasteiger partial charge in [-0.25, -0.2) is 12.8 Å². The number of nitrogens with one attached hydrogen (secondary N) is 1. The minimum absolute atomic E-state index is 0.0492. The van der Waals surface area contributed by atoms with E-state index in [2.05, 4.69) is 10.2 Å². The fourth-order valence-electron chi connectivity index (χ4n) is 3.66. The van der Waals surface area contributed by atoms with E-state index in [9.17, 15) is 12.8 Å². The molecule has 1 unspecified atom stereocenters. The number of halogens is 1. The average Bonchev–Trinajstić information content (AvgIpc) is 2.67. The zero-order chi connectivity index (χ0) is 18.1. The van der Waals surface area contributed by atoms with Crippen molar-refractivity contribution in [3.8, 4) is 5.75 Å². The van der Waals surface area contributed by atoms with E-state index in [-0.39, 0.29) is 15.8 Å². The van der Waals surface area contributed by atoms with Crippen LogP contribution in [0.25, 0.3) is 0 Å². The highest BCUT2D eigenvalue weighted by atomic mass is 32.2. The van der Waals surface area contributed by atoms with Gasteiger partial charge < -0.3 is 10.1 Å². The number of fused-ring (bicyclic) bond motifs is 1. The van der Waals surface area contributed by atoms with Gasteiger partial charge in [0.2, 0.25) is 9.84 Å². The van der Waals surface area contributed by atoms with Gasteiger partial charge in [0.15, 0.2) is 0 Å². The number of hydrogen-bond acceptors (Lipinski definition) is 5. The van der Waals surface area contributed by atoms with E-state index in [0.717, 1.165) is 44.2 Å². The largest absolute Gasteiger partial charge is 0.493 e. The van der Waals surface area contributed by atoms with Crippen LogP contribution in [0.1, 0.15) is 18.0 Å². The maximum absolute atomic E-state index is 13.4. The van der Waals surface area contributed by atoms with Gasteiger partial charge in [-0.1, -0.05) is 12.1 Å². The summed E-state index contributed by atoms with van der Waals surface area (Å²) in [5.74, 6) is 0.0383. The lowest BCUT2D eigenvalue weighted by atomic mass is 9.98. The van der Waals surface area contributed by atoms with Gasteiger partial charge in [-0.05, 0) is 30.3 Å². The number of piperazine rings is 1. The summed E-state index contributed by atoms with van der Waals surface area (Å²) in [6.45, 7) is 4.41. The second-order valence-electron chi connectivity index (χ2n) is 6.60. The van der Waals surface area contributed by atoms with Crippen molar-refractivity contribution in [1.82, 2.24) is 10.2 Å². The Bertz CT molecular complexity index is 911. The van der Waals surface area contributed by atoms with Crippen molar-refractivity contribution in [2.45, 2.75) is 22.3 Å². The van der Waals surface area contributed by atoms with E-state index >= 15 is 0 Å². The van der Waals surface area contributed by atoms with Crippen LogP contribution in [-0.4, -0.2) is 46.1 Å². The first-order chi connectivity index (χ1) is 12.6. The summed E-state index contributed by atoms with van der Waals surface area (Å²) < 4.78 is 44.8. The number of sulfone groups is 1. The number of rotatable bonds is 3. The van der Waals surface area contributed by atoms with E-state index in [4.69, 9.17) is 4.74 Å². The molecule has 2 aliphatic heterocycles. The zero-order valence-corrected chi connectivity index (χ0v) is 15.1. The second-order valence-corrected chi connectivity index (χ2v) is 8.55. The molecule has 0 bridgehead atoms. The summed E-state index contributed by atoms with van der Waals surface area (Å²) in [4.78, 5) is 2.49. The fraction of sp³-hybridized carbons (Fsp3) is 0.368. The Labute approximate surface area is 152 Å². The lowest BCUT2D eigenvalue weighted by molar-refractivity contribution is 0.126.